The van der Waals surface area contributed by atoms with Gasteiger partial charge < -0.3 is 20.9 Å². The first kappa shape index (κ1) is 52.5. The lowest BCUT2D eigenvalue weighted by Gasteiger charge is -2.38. The topological polar surface area (TPSA) is 211 Å². The molecule has 73 heavy (non-hydrogen) atoms. The molecule has 10 rings (SSSR count). The van der Waals surface area contributed by atoms with Crippen LogP contribution in [0, 0.1) is 34.3 Å². The van der Waals surface area contributed by atoms with Crippen molar-refractivity contribution in [2.75, 3.05) is 79.5 Å². The number of rotatable bonds is 9. The summed E-state index contributed by atoms with van der Waals surface area (Å²) in [4.78, 5) is 51.7. The minimum absolute atomic E-state index is 0.0222. The van der Waals surface area contributed by atoms with Gasteiger partial charge in [0.25, 0.3) is 11.1 Å². The molecule has 1 atom stereocenters. The van der Waals surface area contributed by atoms with E-state index in [0.29, 0.717) is 56.9 Å². The van der Waals surface area contributed by atoms with Gasteiger partial charge in [-0.3, -0.25) is 32.7 Å². The Morgan fingerprint density at radius 3 is 1.55 bits per heavy atom. The molecule has 1 unspecified atom stereocenters. The monoisotopic (exact) mass is 1010 g/mol. The Morgan fingerprint density at radius 1 is 0.658 bits per heavy atom. The zero-order chi connectivity index (χ0) is 51.9. The molecule has 4 fully saturated rings. The number of hydrogen-bond acceptors (Lipinski definition) is 15. The van der Waals surface area contributed by atoms with Gasteiger partial charge in [-0.25, -0.2) is 23.7 Å². The van der Waals surface area contributed by atoms with Crippen LogP contribution in [0.3, 0.4) is 0 Å². The Bertz CT molecular complexity index is 3180. The summed E-state index contributed by atoms with van der Waals surface area (Å²) in [6.07, 6.45) is 12.4. The zero-order valence-corrected chi connectivity index (χ0v) is 43.0. The quantitative estimate of drug-likeness (QED) is 0.105. The molecular formula is C53H64F2N14O3S. The highest BCUT2D eigenvalue weighted by Crippen LogP contribution is 2.33. The fourth-order valence-corrected chi connectivity index (χ4v) is 10.7. The number of nitrogens with two attached hydrogens (primary N) is 1. The maximum atomic E-state index is 15.0. The van der Waals surface area contributed by atoms with E-state index in [1.165, 1.54) is 30.7 Å². The predicted molar refractivity (Wildman–Crippen MR) is 283 cm³/mol. The molecule has 3 N–H and O–H groups in total. The van der Waals surface area contributed by atoms with Crippen LogP contribution in [0.15, 0.2) is 75.7 Å². The summed E-state index contributed by atoms with van der Waals surface area (Å²) in [6, 6.07) is 18.1. The van der Waals surface area contributed by atoms with Crippen LogP contribution in [-0.2, 0) is 10.8 Å². The summed E-state index contributed by atoms with van der Waals surface area (Å²) in [5.41, 5.74) is 8.37. The number of nitrogen functional groups attached to an aromatic ring is 1. The molecule has 2 aromatic carbocycles. The lowest BCUT2D eigenvalue weighted by molar-refractivity contribution is 0.209. The van der Waals surface area contributed by atoms with Gasteiger partial charge in [0.2, 0.25) is 11.1 Å². The van der Waals surface area contributed by atoms with Crippen molar-refractivity contribution < 1.29 is 13.0 Å². The van der Waals surface area contributed by atoms with Crippen LogP contribution in [0.2, 0.25) is 0 Å². The Balaban J connectivity index is 0.000000159. The second kappa shape index (κ2) is 23.3. The molecule has 2 saturated carbocycles. The average molecular weight is 1020 g/mol. The van der Waals surface area contributed by atoms with E-state index in [4.69, 9.17) is 11.0 Å². The fraction of sp³-hybridized carbons (Fsp3) is 0.472. The molecule has 17 nitrogen and oxygen atoms in total. The summed E-state index contributed by atoms with van der Waals surface area (Å²) >= 11 is 0. The van der Waals surface area contributed by atoms with Crippen molar-refractivity contribution in [3.8, 4) is 12.1 Å². The summed E-state index contributed by atoms with van der Waals surface area (Å²) in [7, 11) is -1.31. The third-order valence-electron chi connectivity index (χ3n) is 14.3. The van der Waals surface area contributed by atoms with Gasteiger partial charge >= 0.3 is 0 Å². The normalized spacial score (nSPS) is 17.3. The number of piperazine rings is 2. The van der Waals surface area contributed by atoms with Crippen molar-refractivity contribution in [2.24, 2.45) is 0 Å². The van der Waals surface area contributed by atoms with Crippen molar-refractivity contribution >= 4 is 61.6 Å². The Kier molecular flexibility index (Phi) is 16.8. The third kappa shape index (κ3) is 12.0. The zero-order valence-electron chi connectivity index (χ0n) is 42.2. The van der Waals surface area contributed by atoms with Gasteiger partial charge in [0.15, 0.2) is 0 Å². The van der Waals surface area contributed by atoms with Crippen LogP contribution >= 0.6 is 0 Å². The molecule has 0 radical (unpaired) electrons. The summed E-state index contributed by atoms with van der Waals surface area (Å²) < 4.78 is 43.6. The molecule has 20 heteroatoms. The number of hydrogen-bond donors (Lipinski definition) is 2. The summed E-state index contributed by atoms with van der Waals surface area (Å²) in [5, 5.41) is 23.1. The smallest absolute Gasteiger partial charge is 0.270 e. The largest absolute Gasteiger partial charge is 0.399 e. The second-order valence-electron chi connectivity index (χ2n) is 19.7. The SMILES string of the molecule is CC(C)N1CCN(c2ccc(N)cc2F)CC1.CC(C)N1CCN(c2ccc(Nc3ncc4cc(C#N)c(=O)n(C5CCCC5)c4n3)cc2F)CC1.CS(=O)c1ncc2cc(C#N)c(=O)n(C3CCCC3)c2n1. The van der Waals surface area contributed by atoms with Gasteiger partial charge in [0.05, 0.1) is 22.2 Å². The van der Waals surface area contributed by atoms with Crippen LogP contribution in [0.4, 0.5) is 37.5 Å². The van der Waals surface area contributed by atoms with Gasteiger partial charge in [0, 0.05) is 117 Å². The van der Waals surface area contributed by atoms with Crippen LogP contribution in [-0.4, -0.2) is 114 Å². The molecule has 0 bridgehead atoms. The number of nitrogens with one attached hydrogen (secondary N) is 1. The number of fused-ring (bicyclic) bond motifs is 2. The highest BCUT2D eigenvalue weighted by Gasteiger charge is 2.26. The first-order valence-corrected chi connectivity index (χ1v) is 26.8. The Morgan fingerprint density at radius 2 is 1.11 bits per heavy atom. The molecule has 0 spiro atoms. The lowest BCUT2D eigenvalue weighted by Crippen LogP contribution is -2.49. The van der Waals surface area contributed by atoms with E-state index in [1.807, 2.05) is 18.2 Å². The molecule has 2 aliphatic carbocycles. The number of nitriles is 2. The molecule has 0 amide bonds. The van der Waals surface area contributed by atoms with E-state index in [0.717, 1.165) is 104 Å². The first-order valence-electron chi connectivity index (χ1n) is 25.2. The second-order valence-corrected chi connectivity index (χ2v) is 20.9. The number of nitrogens with zero attached hydrogens (tertiary/aromatic N) is 12. The number of anilines is 5. The molecule has 2 aliphatic heterocycles. The van der Waals surface area contributed by atoms with E-state index >= 15 is 4.39 Å². The molecule has 4 aromatic heterocycles. The van der Waals surface area contributed by atoms with Crippen LogP contribution in [0.5, 0.6) is 0 Å². The molecule has 6 heterocycles. The number of pyridine rings is 2. The van der Waals surface area contributed by atoms with Crippen LogP contribution in [0.1, 0.15) is 102 Å². The first-order chi connectivity index (χ1) is 35.1. The van der Waals surface area contributed by atoms with Crippen molar-refractivity contribution in [1.82, 2.24) is 38.9 Å². The van der Waals surface area contributed by atoms with Gasteiger partial charge in [-0.2, -0.15) is 15.5 Å². The van der Waals surface area contributed by atoms with Gasteiger partial charge in [-0.15, -0.1) is 0 Å². The maximum absolute atomic E-state index is 15.0. The van der Waals surface area contributed by atoms with Crippen molar-refractivity contribution in [3.05, 3.63) is 104 Å². The van der Waals surface area contributed by atoms with Crippen molar-refractivity contribution in [1.29, 1.82) is 10.5 Å². The van der Waals surface area contributed by atoms with E-state index in [2.05, 4.69) is 72.5 Å². The molecule has 2 saturated heterocycles. The van der Waals surface area contributed by atoms with Gasteiger partial charge in [0.1, 0.15) is 46.2 Å². The number of benzene rings is 2. The number of halogens is 2. The fourth-order valence-electron chi connectivity index (χ4n) is 10.3. The predicted octanol–water partition coefficient (Wildman–Crippen LogP) is 7.65. The summed E-state index contributed by atoms with van der Waals surface area (Å²) in [5.74, 6) is -0.232. The molecular weight excluding hydrogens is 951 g/mol. The third-order valence-corrected chi connectivity index (χ3v) is 15.1. The highest BCUT2D eigenvalue weighted by atomic mass is 32.2. The van der Waals surface area contributed by atoms with E-state index < -0.39 is 10.8 Å². The van der Waals surface area contributed by atoms with E-state index in [-0.39, 0.29) is 57.1 Å². The Labute approximate surface area is 426 Å². The highest BCUT2D eigenvalue weighted by molar-refractivity contribution is 7.84. The number of aromatic nitrogens is 6. The maximum Gasteiger partial charge on any atom is 0.270 e. The minimum atomic E-state index is -1.31. The molecule has 384 valence electrons. The minimum Gasteiger partial charge on any atom is -0.399 e. The standard InChI is InChI=1S/C26H30FN7O.C14H14N4O2S.C13H20FN3/c1-17(2)32-9-11-33(12-10-32)23-8-7-20(14-22(23)27)30-26-29-16-19-13-18(15-28)25(35)34(24(19)31-26)21-5-3-4-6-21;1-21(20)14-16-8-10-6-9(7-15)13(19)18(12(10)17-14)11-4-2-3-5-11;1-10(2)16-5-7-17(8-6-16)13-4-3-11(15)9-12(13)14/h7-8,13-14,16-17,21H,3-6,9-12H2,1-2H3,(H,29,30,31);6,8,11H,2-5H2,1H3;3-4,9-10H,5-8,15H2,1-2H3. The van der Waals surface area contributed by atoms with Gasteiger partial charge in [-0.1, -0.05) is 25.7 Å². The van der Waals surface area contributed by atoms with Crippen molar-refractivity contribution in [2.45, 2.75) is 108 Å². The Hall–Kier alpha value is -6.87. The average Bonchev–Trinajstić information content (AvgIpc) is 4.13. The van der Waals surface area contributed by atoms with Gasteiger partial charge in [-0.05, 0) is 102 Å². The van der Waals surface area contributed by atoms with E-state index in [9.17, 15) is 23.5 Å². The van der Waals surface area contributed by atoms with Crippen LogP contribution in [0.25, 0.3) is 22.1 Å². The molecule has 4 aliphatic rings. The summed E-state index contributed by atoms with van der Waals surface area (Å²) in [6.45, 7) is 15.9. The van der Waals surface area contributed by atoms with E-state index in [1.54, 1.807) is 39.6 Å². The molecule has 6 aromatic rings. The lowest BCUT2D eigenvalue weighted by atomic mass is 10.2. The van der Waals surface area contributed by atoms with Crippen LogP contribution < -0.4 is 32.0 Å². The van der Waals surface area contributed by atoms with Crippen molar-refractivity contribution in [3.63, 3.8) is 0 Å².